The van der Waals surface area contributed by atoms with Gasteiger partial charge < -0.3 is 14.7 Å². The maximum Gasteiger partial charge on any atom is 0.0624 e. The van der Waals surface area contributed by atoms with Crippen molar-refractivity contribution in [3.8, 4) is 0 Å². The first-order valence-corrected chi connectivity index (χ1v) is 7.19. The Hall–Kier alpha value is -0.120. The Balaban J connectivity index is 2.39. The Kier molecular flexibility index (Phi) is 7.09. The van der Waals surface area contributed by atoms with Crippen LogP contribution >= 0.6 is 0 Å². The standard InChI is InChI=1S/C14H29NO2/c1-4-12(5-2)9-15(6-3)10-13-11-17-8-7-14(13)16/h12-14,16H,4-11H2,1-3H3. The van der Waals surface area contributed by atoms with Crippen LogP contribution in [0.4, 0.5) is 0 Å². The monoisotopic (exact) mass is 243 g/mol. The van der Waals surface area contributed by atoms with Gasteiger partial charge in [-0.25, -0.2) is 0 Å². The van der Waals surface area contributed by atoms with Gasteiger partial charge in [0.05, 0.1) is 12.7 Å². The number of rotatable bonds is 7. The predicted octanol–water partition coefficient (Wildman–Crippen LogP) is 2.14. The van der Waals surface area contributed by atoms with E-state index in [1.807, 2.05) is 0 Å². The molecule has 0 amide bonds. The molecule has 3 heteroatoms. The van der Waals surface area contributed by atoms with Gasteiger partial charge in [0.2, 0.25) is 0 Å². The van der Waals surface area contributed by atoms with Gasteiger partial charge in [0.1, 0.15) is 0 Å². The minimum Gasteiger partial charge on any atom is -0.393 e. The highest BCUT2D eigenvalue weighted by molar-refractivity contribution is 4.76. The summed E-state index contributed by atoms with van der Waals surface area (Å²) in [6, 6.07) is 0. The normalized spacial score (nSPS) is 25.8. The Labute approximate surface area is 106 Å². The minimum atomic E-state index is -0.167. The lowest BCUT2D eigenvalue weighted by Crippen LogP contribution is -2.42. The molecule has 0 aromatic heterocycles. The van der Waals surface area contributed by atoms with Gasteiger partial charge in [-0.3, -0.25) is 0 Å². The van der Waals surface area contributed by atoms with Crippen molar-refractivity contribution in [3.63, 3.8) is 0 Å². The van der Waals surface area contributed by atoms with Crippen LogP contribution in [-0.4, -0.2) is 49.0 Å². The van der Waals surface area contributed by atoms with E-state index in [4.69, 9.17) is 4.74 Å². The van der Waals surface area contributed by atoms with Crippen LogP contribution in [0.3, 0.4) is 0 Å². The van der Waals surface area contributed by atoms with E-state index in [0.29, 0.717) is 5.92 Å². The molecule has 0 aliphatic carbocycles. The lowest BCUT2D eigenvalue weighted by Gasteiger charge is -2.33. The summed E-state index contributed by atoms with van der Waals surface area (Å²) < 4.78 is 5.47. The molecule has 17 heavy (non-hydrogen) atoms. The third kappa shape index (κ3) is 4.94. The van der Waals surface area contributed by atoms with Crippen molar-refractivity contribution >= 4 is 0 Å². The fourth-order valence-electron chi connectivity index (χ4n) is 2.54. The van der Waals surface area contributed by atoms with Crippen molar-refractivity contribution in [2.75, 3.05) is 32.8 Å². The molecule has 0 radical (unpaired) electrons. The van der Waals surface area contributed by atoms with Gasteiger partial charge in [-0.1, -0.05) is 33.6 Å². The van der Waals surface area contributed by atoms with E-state index in [0.717, 1.165) is 45.2 Å². The second-order valence-corrected chi connectivity index (χ2v) is 5.23. The van der Waals surface area contributed by atoms with E-state index in [9.17, 15) is 5.11 Å². The van der Waals surface area contributed by atoms with Crippen molar-refractivity contribution in [1.82, 2.24) is 4.90 Å². The zero-order valence-electron chi connectivity index (χ0n) is 11.7. The zero-order valence-corrected chi connectivity index (χ0v) is 11.7. The van der Waals surface area contributed by atoms with E-state index in [1.165, 1.54) is 12.8 Å². The summed E-state index contributed by atoms with van der Waals surface area (Å²) in [6.07, 6.45) is 3.13. The fraction of sp³-hybridized carbons (Fsp3) is 1.00. The maximum absolute atomic E-state index is 9.96. The van der Waals surface area contributed by atoms with Gasteiger partial charge in [0, 0.05) is 25.6 Å². The smallest absolute Gasteiger partial charge is 0.0624 e. The number of aliphatic hydroxyl groups is 1. The van der Waals surface area contributed by atoms with Gasteiger partial charge in [0.25, 0.3) is 0 Å². The zero-order chi connectivity index (χ0) is 12.7. The molecule has 1 N–H and O–H groups in total. The van der Waals surface area contributed by atoms with E-state index < -0.39 is 0 Å². The van der Waals surface area contributed by atoms with Crippen molar-refractivity contribution in [3.05, 3.63) is 0 Å². The molecule has 0 saturated carbocycles. The van der Waals surface area contributed by atoms with Crippen molar-refractivity contribution in [1.29, 1.82) is 0 Å². The average molecular weight is 243 g/mol. The quantitative estimate of drug-likeness (QED) is 0.743. The van der Waals surface area contributed by atoms with Crippen LogP contribution in [0.25, 0.3) is 0 Å². The van der Waals surface area contributed by atoms with Crippen LogP contribution in [0.5, 0.6) is 0 Å². The van der Waals surface area contributed by atoms with Gasteiger partial charge in [-0.15, -0.1) is 0 Å². The highest BCUT2D eigenvalue weighted by atomic mass is 16.5. The molecule has 2 unspecified atom stereocenters. The van der Waals surface area contributed by atoms with Crippen LogP contribution < -0.4 is 0 Å². The molecule has 1 aliphatic rings. The van der Waals surface area contributed by atoms with Gasteiger partial charge in [-0.05, 0) is 18.9 Å². The molecular formula is C14H29NO2. The Morgan fingerprint density at radius 2 is 2.00 bits per heavy atom. The number of nitrogens with zero attached hydrogens (tertiary/aromatic N) is 1. The van der Waals surface area contributed by atoms with E-state index in [2.05, 4.69) is 25.7 Å². The Morgan fingerprint density at radius 3 is 2.53 bits per heavy atom. The number of hydrogen-bond acceptors (Lipinski definition) is 3. The highest BCUT2D eigenvalue weighted by Crippen LogP contribution is 2.18. The molecule has 1 aliphatic heterocycles. The van der Waals surface area contributed by atoms with Crippen molar-refractivity contribution < 1.29 is 9.84 Å². The molecule has 1 rings (SSSR count). The summed E-state index contributed by atoms with van der Waals surface area (Å²) in [5.74, 6) is 1.09. The molecule has 3 nitrogen and oxygen atoms in total. The van der Waals surface area contributed by atoms with Crippen molar-refractivity contribution in [2.24, 2.45) is 11.8 Å². The molecule has 0 aromatic rings. The molecule has 1 fully saturated rings. The largest absolute Gasteiger partial charge is 0.393 e. The Bertz CT molecular complexity index is 195. The van der Waals surface area contributed by atoms with Gasteiger partial charge in [0.15, 0.2) is 0 Å². The van der Waals surface area contributed by atoms with Gasteiger partial charge in [-0.2, -0.15) is 0 Å². The minimum absolute atomic E-state index is 0.167. The molecule has 102 valence electrons. The molecular weight excluding hydrogens is 214 g/mol. The average Bonchev–Trinajstić information content (AvgIpc) is 2.36. The van der Waals surface area contributed by atoms with E-state index >= 15 is 0 Å². The van der Waals surface area contributed by atoms with Gasteiger partial charge >= 0.3 is 0 Å². The topological polar surface area (TPSA) is 32.7 Å². The van der Waals surface area contributed by atoms with Crippen LogP contribution in [0.1, 0.15) is 40.0 Å². The molecule has 1 heterocycles. The summed E-state index contributed by atoms with van der Waals surface area (Å²) in [6.45, 7) is 11.4. The molecule has 1 saturated heterocycles. The summed E-state index contributed by atoms with van der Waals surface area (Å²) in [5.41, 5.74) is 0. The summed E-state index contributed by atoms with van der Waals surface area (Å²) in [4.78, 5) is 2.47. The van der Waals surface area contributed by atoms with Crippen molar-refractivity contribution in [2.45, 2.75) is 46.1 Å². The second kappa shape index (κ2) is 8.06. The van der Waals surface area contributed by atoms with Crippen LogP contribution in [0.15, 0.2) is 0 Å². The lowest BCUT2D eigenvalue weighted by molar-refractivity contribution is -0.0473. The Morgan fingerprint density at radius 1 is 1.29 bits per heavy atom. The number of hydrogen-bond donors (Lipinski definition) is 1. The second-order valence-electron chi connectivity index (χ2n) is 5.23. The van der Waals surface area contributed by atoms with Crippen LogP contribution in [0, 0.1) is 11.8 Å². The first-order chi connectivity index (χ1) is 8.21. The molecule has 2 atom stereocenters. The van der Waals surface area contributed by atoms with E-state index in [-0.39, 0.29) is 6.10 Å². The summed E-state index contributed by atoms with van der Waals surface area (Å²) >= 11 is 0. The third-order valence-electron chi connectivity index (χ3n) is 4.05. The first-order valence-electron chi connectivity index (χ1n) is 7.19. The molecule has 0 bridgehead atoms. The highest BCUT2D eigenvalue weighted by Gasteiger charge is 2.25. The van der Waals surface area contributed by atoms with Crippen LogP contribution in [-0.2, 0) is 4.74 Å². The predicted molar refractivity (Wildman–Crippen MR) is 71.1 cm³/mol. The molecule has 0 spiro atoms. The SMILES string of the molecule is CCC(CC)CN(CC)CC1COCCC1O. The fourth-order valence-corrected chi connectivity index (χ4v) is 2.54. The lowest BCUT2D eigenvalue weighted by atomic mass is 9.96. The third-order valence-corrected chi connectivity index (χ3v) is 4.05. The first kappa shape index (κ1) is 14.9. The summed E-state index contributed by atoms with van der Waals surface area (Å²) in [7, 11) is 0. The number of ether oxygens (including phenoxy) is 1. The van der Waals surface area contributed by atoms with Crippen LogP contribution in [0.2, 0.25) is 0 Å². The number of aliphatic hydroxyl groups excluding tert-OH is 1. The summed E-state index contributed by atoms with van der Waals surface area (Å²) in [5, 5.41) is 9.96. The van der Waals surface area contributed by atoms with E-state index in [1.54, 1.807) is 0 Å². The molecule has 0 aromatic carbocycles. The maximum atomic E-state index is 9.96.